The Kier molecular flexibility index (Phi) is 5.51. The van der Waals surface area contributed by atoms with Gasteiger partial charge in [0.05, 0.1) is 6.42 Å². The molecule has 0 heterocycles. The first-order valence-corrected chi connectivity index (χ1v) is 6.08. The maximum Gasteiger partial charge on any atom is 0.305 e. The standard InChI is InChI=1S/C14H19NO4/c1-10-4-6-12(7-5-10)15(9-8-13(16)17)14(18)11(2)19-3/h4-7,11H,8-9H2,1-3H3,(H,16,17). The van der Waals surface area contributed by atoms with Crippen molar-refractivity contribution in [1.29, 1.82) is 0 Å². The smallest absolute Gasteiger partial charge is 0.305 e. The van der Waals surface area contributed by atoms with Crippen LogP contribution in [-0.4, -0.2) is 36.7 Å². The summed E-state index contributed by atoms with van der Waals surface area (Å²) in [5, 5.41) is 8.76. The zero-order valence-electron chi connectivity index (χ0n) is 11.4. The number of aliphatic carboxylic acids is 1. The predicted octanol–water partition coefficient (Wildman–Crippen LogP) is 1.84. The SMILES string of the molecule is COC(C)C(=O)N(CCC(=O)O)c1ccc(C)cc1. The monoisotopic (exact) mass is 265 g/mol. The normalized spacial score (nSPS) is 11.9. The summed E-state index contributed by atoms with van der Waals surface area (Å²) in [6.07, 6.45) is -0.703. The van der Waals surface area contributed by atoms with Gasteiger partial charge in [0.2, 0.25) is 0 Å². The van der Waals surface area contributed by atoms with E-state index in [4.69, 9.17) is 9.84 Å². The predicted molar refractivity (Wildman–Crippen MR) is 72.3 cm³/mol. The third-order valence-corrected chi connectivity index (χ3v) is 2.86. The van der Waals surface area contributed by atoms with Gasteiger partial charge in [-0.3, -0.25) is 9.59 Å². The fourth-order valence-corrected chi connectivity index (χ4v) is 1.62. The van der Waals surface area contributed by atoms with E-state index in [-0.39, 0.29) is 18.9 Å². The van der Waals surface area contributed by atoms with Crippen molar-refractivity contribution >= 4 is 17.6 Å². The third-order valence-electron chi connectivity index (χ3n) is 2.86. The Morgan fingerprint density at radius 3 is 2.37 bits per heavy atom. The summed E-state index contributed by atoms with van der Waals surface area (Å²) in [7, 11) is 1.45. The van der Waals surface area contributed by atoms with Crippen molar-refractivity contribution in [3.05, 3.63) is 29.8 Å². The molecule has 0 aliphatic rings. The van der Waals surface area contributed by atoms with Gasteiger partial charge in [0.25, 0.3) is 5.91 Å². The van der Waals surface area contributed by atoms with E-state index in [0.717, 1.165) is 5.56 Å². The first kappa shape index (κ1) is 15.2. The number of carboxylic acid groups (broad SMARTS) is 1. The molecule has 0 aliphatic carbocycles. The van der Waals surface area contributed by atoms with Crippen LogP contribution >= 0.6 is 0 Å². The van der Waals surface area contributed by atoms with E-state index in [0.29, 0.717) is 5.69 Å². The number of hydrogen-bond acceptors (Lipinski definition) is 3. The molecule has 0 spiro atoms. The fraction of sp³-hybridized carbons (Fsp3) is 0.429. The van der Waals surface area contributed by atoms with Crippen molar-refractivity contribution in [2.24, 2.45) is 0 Å². The molecule has 0 radical (unpaired) electrons. The minimum absolute atomic E-state index is 0.101. The van der Waals surface area contributed by atoms with Crippen LogP contribution in [0.2, 0.25) is 0 Å². The summed E-state index contributed by atoms with van der Waals surface area (Å²) in [6.45, 7) is 3.72. The van der Waals surface area contributed by atoms with E-state index < -0.39 is 12.1 Å². The van der Waals surface area contributed by atoms with Gasteiger partial charge < -0.3 is 14.7 Å². The number of carboxylic acids is 1. The van der Waals surface area contributed by atoms with Crippen molar-refractivity contribution in [2.75, 3.05) is 18.6 Å². The van der Waals surface area contributed by atoms with Crippen LogP contribution in [0.3, 0.4) is 0 Å². The number of benzene rings is 1. The quantitative estimate of drug-likeness (QED) is 0.852. The van der Waals surface area contributed by atoms with Gasteiger partial charge in [-0.1, -0.05) is 17.7 Å². The van der Waals surface area contributed by atoms with Crippen LogP contribution in [0.5, 0.6) is 0 Å². The molecule has 1 aromatic rings. The van der Waals surface area contributed by atoms with Gasteiger partial charge in [-0.2, -0.15) is 0 Å². The molecule has 19 heavy (non-hydrogen) atoms. The fourth-order valence-electron chi connectivity index (χ4n) is 1.62. The number of nitrogens with zero attached hydrogens (tertiary/aromatic N) is 1. The van der Waals surface area contributed by atoms with Gasteiger partial charge in [-0.05, 0) is 26.0 Å². The van der Waals surface area contributed by atoms with E-state index in [2.05, 4.69) is 0 Å². The van der Waals surface area contributed by atoms with Crippen molar-refractivity contribution in [3.8, 4) is 0 Å². The Morgan fingerprint density at radius 1 is 1.32 bits per heavy atom. The maximum atomic E-state index is 12.2. The van der Waals surface area contributed by atoms with Crippen LogP contribution in [0, 0.1) is 6.92 Å². The number of aryl methyl sites for hydroxylation is 1. The summed E-state index contributed by atoms with van der Waals surface area (Å²) in [4.78, 5) is 24.3. The van der Waals surface area contributed by atoms with E-state index >= 15 is 0 Å². The van der Waals surface area contributed by atoms with E-state index in [1.165, 1.54) is 12.0 Å². The second kappa shape index (κ2) is 6.89. The number of rotatable bonds is 6. The van der Waals surface area contributed by atoms with Crippen LogP contribution in [-0.2, 0) is 14.3 Å². The lowest BCUT2D eigenvalue weighted by atomic mass is 10.2. The Hall–Kier alpha value is -1.88. The lowest BCUT2D eigenvalue weighted by Crippen LogP contribution is -2.40. The van der Waals surface area contributed by atoms with Gasteiger partial charge >= 0.3 is 5.97 Å². The molecule has 0 aliphatic heterocycles. The van der Waals surface area contributed by atoms with E-state index in [1.807, 2.05) is 19.1 Å². The largest absolute Gasteiger partial charge is 0.481 e. The summed E-state index contributed by atoms with van der Waals surface area (Å²) in [5.74, 6) is -1.18. The Labute approximate surface area is 112 Å². The van der Waals surface area contributed by atoms with Gasteiger partial charge in [0.15, 0.2) is 0 Å². The Bertz CT molecular complexity index is 441. The number of anilines is 1. The van der Waals surface area contributed by atoms with E-state index in [9.17, 15) is 9.59 Å². The molecule has 1 rings (SSSR count). The van der Waals surface area contributed by atoms with Crippen LogP contribution in [0.4, 0.5) is 5.69 Å². The van der Waals surface area contributed by atoms with Crippen LogP contribution in [0.1, 0.15) is 18.9 Å². The zero-order valence-corrected chi connectivity index (χ0v) is 11.4. The number of amides is 1. The molecule has 5 heteroatoms. The molecule has 1 atom stereocenters. The summed E-state index contributed by atoms with van der Waals surface area (Å²) < 4.78 is 5.01. The first-order valence-electron chi connectivity index (χ1n) is 6.08. The highest BCUT2D eigenvalue weighted by Gasteiger charge is 2.22. The zero-order chi connectivity index (χ0) is 14.4. The van der Waals surface area contributed by atoms with Crippen molar-refractivity contribution in [1.82, 2.24) is 0 Å². The number of methoxy groups -OCH3 is 1. The topological polar surface area (TPSA) is 66.8 Å². The number of ether oxygens (including phenoxy) is 1. The molecule has 1 N–H and O–H groups in total. The molecule has 5 nitrogen and oxygen atoms in total. The van der Waals surface area contributed by atoms with Gasteiger partial charge in [0.1, 0.15) is 6.10 Å². The molecular formula is C14H19NO4. The summed E-state index contributed by atoms with van der Waals surface area (Å²) in [6, 6.07) is 7.37. The average Bonchev–Trinajstić information content (AvgIpc) is 2.39. The molecule has 0 fully saturated rings. The van der Waals surface area contributed by atoms with E-state index in [1.54, 1.807) is 19.1 Å². The number of carbonyl (C=O) groups excluding carboxylic acids is 1. The Balaban J connectivity index is 2.94. The van der Waals surface area contributed by atoms with Crippen molar-refractivity contribution in [2.45, 2.75) is 26.4 Å². The van der Waals surface area contributed by atoms with Crippen LogP contribution < -0.4 is 4.90 Å². The molecule has 1 amide bonds. The lowest BCUT2D eigenvalue weighted by molar-refractivity contribution is -0.136. The molecule has 104 valence electrons. The second-order valence-electron chi connectivity index (χ2n) is 4.35. The molecule has 0 saturated carbocycles. The summed E-state index contributed by atoms with van der Waals surface area (Å²) in [5.41, 5.74) is 1.76. The highest BCUT2D eigenvalue weighted by molar-refractivity contribution is 5.96. The molecule has 0 saturated heterocycles. The average molecular weight is 265 g/mol. The van der Waals surface area contributed by atoms with Crippen LogP contribution in [0.25, 0.3) is 0 Å². The highest BCUT2D eigenvalue weighted by atomic mass is 16.5. The van der Waals surface area contributed by atoms with Gasteiger partial charge in [-0.15, -0.1) is 0 Å². The summed E-state index contributed by atoms with van der Waals surface area (Å²) >= 11 is 0. The molecule has 0 bridgehead atoms. The van der Waals surface area contributed by atoms with Crippen molar-refractivity contribution < 1.29 is 19.4 Å². The minimum Gasteiger partial charge on any atom is -0.481 e. The first-order chi connectivity index (χ1) is 8.95. The van der Waals surface area contributed by atoms with Crippen LogP contribution in [0.15, 0.2) is 24.3 Å². The number of carbonyl (C=O) groups is 2. The maximum absolute atomic E-state index is 12.2. The Morgan fingerprint density at radius 2 is 1.89 bits per heavy atom. The molecule has 1 unspecified atom stereocenters. The molecular weight excluding hydrogens is 246 g/mol. The number of hydrogen-bond donors (Lipinski definition) is 1. The van der Waals surface area contributed by atoms with Gasteiger partial charge in [-0.25, -0.2) is 0 Å². The lowest BCUT2D eigenvalue weighted by Gasteiger charge is -2.25. The third kappa shape index (κ3) is 4.37. The van der Waals surface area contributed by atoms with Gasteiger partial charge in [0, 0.05) is 19.3 Å². The second-order valence-corrected chi connectivity index (χ2v) is 4.35. The highest BCUT2D eigenvalue weighted by Crippen LogP contribution is 2.17. The van der Waals surface area contributed by atoms with Crippen molar-refractivity contribution in [3.63, 3.8) is 0 Å². The minimum atomic E-state index is -0.935. The molecule has 0 aromatic heterocycles. The molecule has 1 aromatic carbocycles.